The number of hydrogen-bond donors (Lipinski definition) is 1. The van der Waals surface area contributed by atoms with E-state index in [1.165, 1.54) is 0 Å². The molecule has 114 valence electrons. The van der Waals surface area contributed by atoms with Gasteiger partial charge in [0.15, 0.2) is 0 Å². The smallest absolute Gasteiger partial charge is 0.322 e. The average molecular weight is 305 g/mol. The molecule has 1 saturated carbocycles. The summed E-state index contributed by atoms with van der Waals surface area (Å²) >= 11 is 0. The van der Waals surface area contributed by atoms with Gasteiger partial charge in [-0.15, -0.1) is 0 Å². The molecule has 1 N–H and O–H groups in total. The first kappa shape index (κ1) is 15.2. The first-order valence-electron chi connectivity index (χ1n) is 6.74. The molecule has 1 atom stereocenters. The van der Waals surface area contributed by atoms with Gasteiger partial charge < -0.3 is 9.84 Å². The molecule has 1 aliphatic heterocycles. The molecule has 20 heavy (non-hydrogen) atoms. The van der Waals surface area contributed by atoms with Gasteiger partial charge in [0.2, 0.25) is 10.0 Å². The van der Waals surface area contributed by atoms with Crippen LogP contribution >= 0.6 is 0 Å². The lowest BCUT2D eigenvalue weighted by atomic mass is 10.2. The summed E-state index contributed by atoms with van der Waals surface area (Å²) in [5.41, 5.74) is 0. The lowest BCUT2D eigenvalue weighted by molar-refractivity contribution is -0.143. The second-order valence-electron chi connectivity index (χ2n) is 5.28. The monoisotopic (exact) mass is 305 g/mol. The highest BCUT2D eigenvalue weighted by Crippen LogP contribution is 2.49. The van der Waals surface area contributed by atoms with Crippen LogP contribution in [0.1, 0.15) is 39.0 Å². The quantitative estimate of drug-likeness (QED) is 0.711. The fourth-order valence-corrected chi connectivity index (χ4v) is 4.98. The second-order valence-corrected chi connectivity index (χ2v) is 7.56. The Morgan fingerprint density at radius 1 is 1.40 bits per heavy atom. The standard InChI is InChI=1S/C12H19NO6S/c1-2-19-10(14)8-12(5-6-12)20(17,18)13-7-3-4-9(13)11(15)16/h9H,2-8H2,1H3,(H,15,16). The SMILES string of the molecule is CCOC(=O)CC1(S(=O)(=O)N2CCCC2C(=O)O)CC1. The minimum atomic E-state index is -3.78. The molecule has 1 aliphatic carbocycles. The maximum absolute atomic E-state index is 12.6. The molecule has 0 aromatic rings. The Morgan fingerprint density at radius 3 is 2.55 bits per heavy atom. The predicted octanol–water partition coefficient (Wildman–Crippen LogP) is 0.351. The maximum atomic E-state index is 12.6. The zero-order valence-corrected chi connectivity index (χ0v) is 12.2. The van der Waals surface area contributed by atoms with Gasteiger partial charge in [-0.1, -0.05) is 0 Å². The summed E-state index contributed by atoms with van der Waals surface area (Å²) in [5, 5.41) is 9.10. The van der Waals surface area contributed by atoms with Gasteiger partial charge >= 0.3 is 11.9 Å². The number of esters is 1. The number of carbonyl (C=O) groups is 2. The highest BCUT2D eigenvalue weighted by atomic mass is 32.2. The lowest BCUT2D eigenvalue weighted by Gasteiger charge is -2.26. The zero-order chi connectivity index (χ0) is 15.0. The van der Waals surface area contributed by atoms with E-state index >= 15 is 0 Å². The van der Waals surface area contributed by atoms with Gasteiger partial charge in [0.05, 0.1) is 17.8 Å². The molecule has 2 fully saturated rings. The molecule has 1 heterocycles. The van der Waals surface area contributed by atoms with Crippen molar-refractivity contribution in [2.24, 2.45) is 0 Å². The third-order valence-electron chi connectivity index (χ3n) is 3.92. The molecule has 8 heteroatoms. The van der Waals surface area contributed by atoms with Crippen LogP contribution in [0.25, 0.3) is 0 Å². The summed E-state index contributed by atoms with van der Waals surface area (Å²) in [7, 11) is -3.78. The first-order chi connectivity index (χ1) is 9.34. The van der Waals surface area contributed by atoms with E-state index in [9.17, 15) is 18.0 Å². The van der Waals surface area contributed by atoms with Crippen molar-refractivity contribution in [3.05, 3.63) is 0 Å². The molecule has 2 aliphatic rings. The summed E-state index contributed by atoms with van der Waals surface area (Å²) in [6, 6.07) is -1.00. The average Bonchev–Trinajstić information content (AvgIpc) is 2.96. The van der Waals surface area contributed by atoms with Gasteiger partial charge in [0.25, 0.3) is 0 Å². The number of sulfonamides is 1. The van der Waals surface area contributed by atoms with E-state index in [0.29, 0.717) is 25.7 Å². The van der Waals surface area contributed by atoms with Gasteiger partial charge in [0, 0.05) is 6.54 Å². The number of carboxylic acid groups (broad SMARTS) is 1. The second kappa shape index (κ2) is 5.33. The van der Waals surface area contributed by atoms with E-state index in [2.05, 4.69) is 0 Å². The molecule has 0 aromatic heterocycles. The summed E-state index contributed by atoms with van der Waals surface area (Å²) in [5.74, 6) is -1.67. The summed E-state index contributed by atoms with van der Waals surface area (Å²) < 4.78 is 30.0. The van der Waals surface area contributed by atoms with Crippen LogP contribution in [-0.4, -0.2) is 53.7 Å². The Labute approximate surface area is 117 Å². The zero-order valence-electron chi connectivity index (χ0n) is 11.4. The van der Waals surface area contributed by atoms with Crippen LogP contribution in [0.3, 0.4) is 0 Å². The van der Waals surface area contributed by atoms with E-state index in [-0.39, 0.29) is 19.6 Å². The highest BCUT2D eigenvalue weighted by molar-refractivity contribution is 7.90. The van der Waals surface area contributed by atoms with Crippen molar-refractivity contribution in [1.82, 2.24) is 4.31 Å². The van der Waals surface area contributed by atoms with Crippen molar-refractivity contribution in [3.8, 4) is 0 Å². The summed E-state index contributed by atoms with van der Waals surface area (Å²) in [6.07, 6.45) is 1.44. The van der Waals surface area contributed by atoms with Gasteiger partial charge in [-0.3, -0.25) is 9.59 Å². The fraction of sp³-hybridized carbons (Fsp3) is 0.833. The Kier molecular flexibility index (Phi) is 4.06. The topological polar surface area (TPSA) is 101 Å². The predicted molar refractivity (Wildman–Crippen MR) is 69.5 cm³/mol. The Hall–Kier alpha value is -1.15. The number of nitrogens with zero attached hydrogens (tertiary/aromatic N) is 1. The molecule has 0 spiro atoms. The molecule has 0 radical (unpaired) electrons. The maximum Gasteiger partial charge on any atom is 0.322 e. The number of hydrogen-bond acceptors (Lipinski definition) is 5. The van der Waals surface area contributed by atoms with Crippen molar-refractivity contribution < 1.29 is 27.9 Å². The molecule has 0 amide bonds. The summed E-state index contributed by atoms with van der Waals surface area (Å²) in [6.45, 7) is 2.08. The van der Waals surface area contributed by atoms with E-state index in [4.69, 9.17) is 9.84 Å². The van der Waals surface area contributed by atoms with Crippen LogP contribution < -0.4 is 0 Å². The van der Waals surface area contributed by atoms with Gasteiger partial charge in [-0.05, 0) is 32.6 Å². The van der Waals surface area contributed by atoms with Crippen LogP contribution in [-0.2, 0) is 24.3 Å². The van der Waals surface area contributed by atoms with Crippen LogP contribution in [0.15, 0.2) is 0 Å². The van der Waals surface area contributed by atoms with Gasteiger partial charge in [-0.25, -0.2) is 8.42 Å². The molecule has 1 unspecified atom stereocenters. The Bertz CT molecular complexity index is 510. The van der Waals surface area contributed by atoms with Gasteiger partial charge in [0.1, 0.15) is 6.04 Å². The third-order valence-corrected chi connectivity index (χ3v) is 6.63. The minimum Gasteiger partial charge on any atom is -0.480 e. The number of aliphatic carboxylic acids is 1. The van der Waals surface area contributed by atoms with E-state index < -0.39 is 32.8 Å². The van der Waals surface area contributed by atoms with Gasteiger partial charge in [-0.2, -0.15) is 4.31 Å². The summed E-state index contributed by atoms with van der Waals surface area (Å²) in [4.78, 5) is 22.7. The van der Waals surface area contributed by atoms with Crippen molar-refractivity contribution in [3.63, 3.8) is 0 Å². The first-order valence-corrected chi connectivity index (χ1v) is 8.18. The molecule has 7 nitrogen and oxygen atoms in total. The normalized spacial score (nSPS) is 25.4. The fourth-order valence-electron chi connectivity index (χ4n) is 2.66. The largest absolute Gasteiger partial charge is 0.480 e. The van der Waals surface area contributed by atoms with Crippen LogP contribution in [0.5, 0.6) is 0 Å². The number of carbonyl (C=O) groups excluding carboxylic acids is 1. The molecule has 0 aromatic carbocycles. The minimum absolute atomic E-state index is 0.188. The molecule has 1 saturated heterocycles. The molecular formula is C12H19NO6S. The lowest BCUT2D eigenvalue weighted by Crippen LogP contribution is -2.46. The number of ether oxygens (including phenoxy) is 1. The number of carboxylic acids is 1. The van der Waals surface area contributed by atoms with E-state index in [1.807, 2.05) is 0 Å². The van der Waals surface area contributed by atoms with Crippen molar-refractivity contribution in [2.45, 2.75) is 49.8 Å². The third kappa shape index (κ3) is 2.54. The van der Waals surface area contributed by atoms with E-state index in [0.717, 1.165) is 4.31 Å². The van der Waals surface area contributed by atoms with Crippen molar-refractivity contribution in [1.29, 1.82) is 0 Å². The van der Waals surface area contributed by atoms with Crippen LogP contribution in [0, 0.1) is 0 Å². The number of rotatable bonds is 6. The highest BCUT2D eigenvalue weighted by Gasteiger charge is 2.60. The van der Waals surface area contributed by atoms with Crippen molar-refractivity contribution in [2.75, 3.05) is 13.2 Å². The Morgan fingerprint density at radius 2 is 2.05 bits per heavy atom. The van der Waals surface area contributed by atoms with Crippen LogP contribution in [0.2, 0.25) is 0 Å². The van der Waals surface area contributed by atoms with E-state index in [1.54, 1.807) is 6.92 Å². The van der Waals surface area contributed by atoms with Crippen LogP contribution in [0.4, 0.5) is 0 Å². The molecule has 2 rings (SSSR count). The molecule has 0 bridgehead atoms. The molecular weight excluding hydrogens is 286 g/mol. The van der Waals surface area contributed by atoms with Crippen molar-refractivity contribution >= 4 is 22.0 Å². The Balaban J connectivity index is 2.18.